The summed E-state index contributed by atoms with van der Waals surface area (Å²) in [6, 6.07) is 1.97. The molecule has 1 fully saturated rings. The van der Waals surface area contributed by atoms with Crippen LogP contribution in [0.3, 0.4) is 0 Å². The van der Waals surface area contributed by atoms with E-state index in [0.717, 1.165) is 23.9 Å². The van der Waals surface area contributed by atoms with Gasteiger partial charge in [0, 0.05) is 18.8 Å². The normalized spacial score (nSPS) is 16.9. The maximum absolute atomic E-state index is 4.45. The molecular formula is C11H18N4. The fraction of sp³-hybridized carbons (Fsp3) is 0.636. The predicted molar refractivity (Wildman–Crippen MR) is 60.8 cm³/mol. The Kier molecular flexibility index (Phi) is 3.16. The monoisotopic (exact) mass is 206 g/mol. The molecule has 1 aromatic rings. The lowest BCUT2D eigenvalue weighted by atomic mass is 10.4. The highest BCUT2D eigenvalue weighted by atomic mass is 15.2. The van der Waals surface area contributed by atoms with Crippen molar-refractivity contribution in [3.05, 3.63) is 17.6 Å². The van der Waals surface area contributed by atoms with Crippen LogP contribution < -0.4 is 5.32 Å². The van der Waals surface area contributed by atoms with E-state index < -0.39 is 0 Å². The quantitative estimate of drug-likeness (QED) is 0.812. The molecule has 4 heteroatoms. The van der Waals surface area contributed by atoms with Gasteiger partial charge in [0.1, 0.15) is 11.6 Å². The van der Waals surface area contributed by atoms with Crippen LogP contribution in [0.15, 0.2) is 6.07 Å². The van der Waals surface area contributed by atoms with E-state index in [-0.39, 0.29) is 0 Å². The molecule has 0 amide bonds. The van der Waals surface area contributed by atoms with Crippen molar-refractivity contribution < 1.29 is 0 Å². The van der Waals surface area contributed by atoms with E-state index in [0.29, 0.717) is 0 Å². The summed E-state index contributed by atoms with van der Waals surface area (Å²) in [6.45, 7) is 5.27. The van der Waals surface area contributed by atoms with Gasteiger partial charge in [0.2, 0.25) is 0 Å². The number of hydrogen-bond acceptors (Lipinski definition) is 4. The average molecular weight is 206 g/mol. The third-order valence-corrected chi connectivity index (χ3v) is 2.72. The summed E-state index contributed by atoms with van der Waals surface area (Å²) in [4.78, 5) is 11.3. The molecule has 2 heterocycles. The van der Waals surface area contributed by atoms with E-state index in [1.165, 1.54) is 25.9 Å². The van der Waals surface area contributed by atoms with Crippen molar-refractivity contribution in [3.8, 4) is 0 Å². The number of hydrogen-bond donors (Lipinski definition) is 1. The lowest BCUT2D eigenvalue weighted by molar-refractivity contribution is 0.322. The molecule has 1 aromatic heterocycles. The third-order valence-electron chi connectivity index (χ3n) is 2.72. The molecule has 0 unspecified atom stereocenters. The molecule has 1 N–H and O–H groups in total. The Hall–Kier alpha value is -1.16. The SMILES string of the molecule is CNc1cc(C)nc(CN2CCCC2)n1. The Morgan fingerprint density at radius 1 is 1.33 bits per heavy atom. The second kappa shape index (κ2) is 4.57. The van der Waals surface area contributed by atoms with Gasteiger partial charge in [-0.2, -0.15) is 0 Å². The fourth-order valence-corrected chi connectivity index (χ4v) is 1.97. The highest BCUT2D eigenvalue weighted by Crippen LogP contribution is 2.12. The van der Waals surface area contributed by atoms with Crippen LogP contribution in [-0.2, 0) is 6.54 Å². The van der Waals surface area contributed by atoms with Gasteiger partial charge in [-0.25, -0.2) is 9.97 Å². The molecule has 0 atom stereocenters. The van der Waals surface area contributed by atoms with Crippen LogP contribution >= 0.6 is 0 Å². The smallest absolute Gasteiger partial charge is 0.144 e. The average Bonchev–Trinajstić information content (AvgIpc) is 2.69. The minimum Gasteiger partial charge on any atom is -0.373 e. The van der Waals surface area contributed by atoms with Crippen molar-refractivity contribution in [2.45, 2.75) is 26.3 Å². The molecule has 1 saturated heterocycles. The minimum atomic E-state index is 0.885. The molecule has 1 aliphatic rings. The maximum Gasteiger partial charge on any atom is 0.144 e. The standard InChI is InChI=1S/C11H18N4/c1-9-7-10(12-2)14-11(13-9)8-15-5-3-4-6-15/h7H,3-6,8H2,1-2H3,(H,12,13,14). The van der Waals surface area contributed by atoms with E-state index in [1.54, 1.807) is 0 Å². The van der Waals surface area contributed by atoms with Crippen LogP contribution in [-0.4, -0.2) is 35.0 Å². The number of nitrogens with one attached hydrogen (secondary N) is 1. The molecule has 0 aliphatic carbocycles. The van der Waals surface area contributed by atoms with Crippen LogP contribution in [0.5, 0.6) is 0 Å². The molecule has 15 heavy (non-hydrogen) atoms. The van der Waals surface area contributed by atoms with Crippen molar-refractivity contribution in [1.82, 2.24) is 14.9 Å². The Labute approximate surface area is 90.7 Å². The highest BCUT2D eigenvalue weighted by molar-refractivity contribution is 5.34. The number of likely N-dealkylation sites (tertiary alicyclic amines) is 1. The molecule has 1 aliphatic heterocycles. The van der Waals surface area contributed by atoms with Crippen molar-refractivity contribution >= 4 is 5.82 Å². The minimum absolute atomic E-state index is 0.885. The molecule has 0 spiro atoms. The van der Waals surface area contributed by atoms with Gasteiger partial charge in [0.05, 0.1) is 6.54 Å². The zero-order valence-electron chi connectivity index (χ0n) is 9.45. The number of nitrogens with zero attached hydrogens (tertiary/aromatic N) is 3. The van der Waals surface area contributed by atoms with Crippen LogP contribution in [0.4, 0.5) is 5.82 Å². The zero-order valence-corrected chi connectivity index (χ0v) is 9.45. The summed E-state index contributed by atoms with van der Waals surface area (Å²) < 4.78 is 0. The first kappa shape index (κ1) is 10.4. The number of aromatic nitrogens is 2. The number of anilines is 1. The largest absolute Gasteiger partial charge is 0.373 e. The van der Waals surface area contributed by atoms with E-state index in [2.05, 4.69) is 20.2 Å². The van der Waals surface area contributed by atoms with E-state index in [1.807, 2.05) is 20.0 Å². The van der Waals surface area contributed by atoms with Crippen LogP contribution in [0, 0.1) is 6.92 Å². The third kappa shape index (κ3) is 2.65. The Bertz CT molecular complexity index is 331. The summed E-state index contributed by atoms with van der Waals surface area (Å²) in [6.07, 6.45) is 2.62. The molecule has 0 bridgehead atoms. The van der Waals surface area contributed by atoms with Gasteiger partial charge in [-0.15, -0.1) is 0 Å². The Balaban J connectivity index is 2.09. The van der Waals surface area contributed by atoms with Crippen LogP contribution in [0.25, 0.3) is 0 Å². The van der Waals surface area contributed by atoms with E-state index in [4.69, 9.17) is 0 Å². The first-order valence-electron chi connectivity index (χ1n) is 5.52. The number of rotatable bonds is 3. The lowest BCUT2D eigenvalue weighted by Gasteiger charge is -2.14. The molecule has 82 valence electrons. The van der Waals surface area contributed by atoms with Crippen molar-refractivity contribution in [3.63, 3.8) is 0 Å². The molecule has 0 aromatic carbocycles. The summed E-state index contributed by atoms with van der Waals surface area (Å²) >= 11 is 0. The van der Waals surface area contributed by atoms with Crippen molar-refractivity contribution in [1.29, 1.82) is 0 Å². The molecular weight excluding hydrogens is 188 g/mol. The number of aryl methyl sites for hydroxylation is 1. The van der Waals surface area contributed by atoms with E-state index in [9.17, 15) is 0 Å². The Morgan fingerprint density at radius 2 is 2.07 bits per heavy atom. The Morgan fingerprint density at radius 3 is 2.73 bits per heavy atom. The van der Waals surface area contributed by atoms with Crippen molar-refractivity contribution in [2.24, 2.45) is 0 Å². The second-order valence-electron chi connectivity index (χ2n) is 4.04. The van der Waals surface area contributed by atoms with Crippen molar-refractivity contribution in [2.75, 3.05) is 25.5 Å². The van der Waals surface area contributed by atoms with Gasteiger partial charge < -0.3 is 5.32 Å². The van der Waals surface area contributed by atoms with Crippen LogP contribution in [0.2, 0.25) is 0 Å². The van der Waals surface area contributed by atoms with Gasteiger partial charge in [0.15, 0.2) is 0 Å². The topological polar surface area (TPSA) is 41.1 Å². The highest BCUT2D eigenvalue weighted by Gasteiger charge is 2.13. The van der Waals surface area contributed by atoms with Crippen LogP contribution in [0.1, 0.15) is 24.4 Å². The van der Waals surface area contributed by atoms with Gasteiger partial charge in [-0.05, 0) is 32.9 Å². The first-order chi connectivity index (χ1) is 7.28. The molecule has 0 radical (unpaired) electrons. The van der Waals surface area contributed by atoms with E-state index >= 15 is 0 Å². The molecule has 2 rings (SSSR count). The lowest BCUT2D eigenvalue weighted by Crippen LogP contribution is -2.20. The molecule has 0 saturated carbocycles. The predicted octanol–water partition coefficient (Wildman–Crippen LogP) is 1.42. The summed E-state index contributed by atoms with van der Waals surface area (Å²) in [5.41, 5.74) is 1.03. The summed E-state index contributed by atoms with van der Waals surface area (Å²) in [7, 11) is 1.89. The first-order valence-corrected chi connectivity index (χ1v) is 5.52. The van der Waals surface area contributed by atoms with Gasteiger partial charge >= 0.3 is 0 Å². The second-order valence-corrected chi connectivity index (χ2v) is 4.04. The molecule has 4 nitrogen and oxygen atoms in total. The fourth-order valence-electron chi connectivity index (χ4n) is 1.97. The maximum atomic E-state index is 4.45. The van der Waals surface area contributed by atoms with Gasteiger partial charge in [0.25, 0.3) is 0 Å². The summed E-state index contributed by atoms with van der Waals surface area (Å²) in [5.74, 6) is 1.85. The van der Waals surface area contributed by atoms with Gasteiger partial charge in [-0.1, -0.05) is 0 Å². The summed E-state index contributed by atoms with van der Waals surface area (Å²) in [5, 5.41) is 3.06. The zero-order chi connectivity index (χ0) is 10.7. The van der Waals surface area contributed by atoms with Gasteiger partial charge in [-0.3, -0.25) is 4.90 Å².